The van der Waals surface area contributed by atoms with Crippen molar-refractivity contribution in [2.24, 2.45) is 0 Å². The van der Waals surface area contributed by atoms with Crippen molar-refractivity contribution in [3.05, 3.63) is 77.0 Å². The number of carbonyl (C=O) groups excluding carboxylic acids is 1. The highest BCUT2D eigenvalue weighted by Gasteiger charge is 2.14. The minimum atomic E-state index is -0.178. The van der Waals surface area contributed by atoms with E-state index in [1.807, 2.05) is 24.3 Å². The summed E-state index contributed by atoms with van der Waals surface area (Å²) in [7, 11) is 0. The first kappa shape index (κ1) is 17.9. The summed E-state index contributed by atoms with van der Waals surface area (Å²) in [4.78, 5) is 16.7. The van der Waals surface area contributed by atoms with Crippen LogP contribution in [0.3, 0.4) is 0 Å². The van der Waals surface area contributed by atoms with Crippen LogP contribution < -0.4 is 20.1 Å². The molecule has 0 spiro atoms. The van der Waals surface area contributed by atoms with Crippen LogP contribution in [0.25, 0.3) is 0 Å². The molecule has 0 fully saturated rings. The lowest BCUT2D eigenvalue weighted by Gasteiger charge is -2.09. The maximum atomic E-state index is 12.4. The second-order valence-corrected chi connectivity index (χ2v) is 6.73. The third kappa shape index (κ3) is 3.91. The fourth-order valence-electron chi connectivity index (χ4n) is 2.90. The molecule has 2 heterocycles. The molecule has 2 N–H and O–H groups in total. The van der Waals surface area contributed by atoms with E-state index in [4.69, 9.17) is 9.47 Å². The van der Waals surface area contributed by atoms with Gasteiger partial charge < -0.3 is 20.1 Å². The van der Waals surface area contributed by atoms with Gasteiger partial charge in [0, 0.05) is 18.4 Å². The first-order chi connectivity index (χ1) is 13.6. The van der Waals surface area contributed by atoms with Crippen LogP contribution in [0.1, 0.15) is 27.0 Å². The Labute approximate surface area is 163 Å². The van der Waals surface area contributed by atoms with Crippen LogP contribution in [0.5, 0.6) is 11.5 Å². The molecule has 0 atom stereocenters. The number of nitrogens with one attached hydrogen (secondary N) is 2. The van der Waals surface area contributed by atoms with Gasteiger partial charge in [0.15, 0.2) is 11.5 Å². The number of hydrogen-bond donors (Lipinski definition) is 2. The molecule has 1 aliphatic rings. The molecule has 1 aromatic heterocycles. The van der Waals surface area contributed by atoms with E-state index in [-0.39, 0.29) is 12.7 Å². The van der Waals surface area contributed by atoms with Crippen LogP contribution in [-0.4, -0.2) is 17.7 Å². The Morgan fingerprint density at radius 1 is 1.00 bits per heavy atom. The van der Waals surface area contributed by atoms with Crippen molar-refractivity contribution in [2.45, 2.75) is 20.4 Å². The fraction of sp³-hybridized carbons (Fsp3) is 0.182. The van der Waals surface area contributed by atoms with Crippen molar-refractivity contribution in [1.29, 1.82) is 0 Å². The van der Waals surface area contributed by atoms with Gasteiger partial charge in [-0.15, -0.1) is 0 Å². The molecule has 3 aromatic rings. The molecule has 6 nitrogen and oxygen atoms in total. The highest BCUT2D eigenvalue weighted by Crippen LogP contribution is 2.32. The van der Waals surface area contributed by atoms with Crippen molar-refractivity contribution < 1.29 is 14.3 Å². The molecule has 0 saturated carbocycles. The first-order valence-electron chi connectivity index (χ1n) is 9.05. The van der Waals surface area contributed by atoms with Gasteiger partial charge in [-0.1, -0.05) is 12.1 Å². The number of anilines is 2. The van der Waals surface area contributed by atoms with Gasteiger partial charge in [-0.2, -0.15) is 0 Å². The number of pyridine rings is 1. The van der Waals surface area contributed by atoms with Crippen LogP contribution >= 0.6 is 0 Å². The third-order valence-electron chi connectivity index (χ3n) is 4.70. The topological polar surface area (TPSA) is 72.5 Å². The predicted molar refractivity (Wildman–Crippen MR) is 107 cm³/mol. The highest BCUT2D eigenvalue weighted by molar-refractivity contribution is 5.94. The van der Waals surface area contributed by atoms with E-state index in [2.05, 4.69) is 41.6 Å². The molecule has 0 bridgehead atoms. The monoisotopic (exact) mass is 375 g/mol. The van der Waals surface area contributed by atoms with Crippen LogP contribution in [0.15, 0.2) is 54.7 Å². The molecule has 0 unspecified atom stereocenters. The number of carbonyl (C=O) groups is 1. The van der Waals surface area contributed by atoms with Crippen LogP contribution in [-0.2, 0) is 6.54 Å². The van der Waals surface area contributed by atoms with Gasteiger partial charge in [0.1, 0.15) is 5.82 Å². The quantitative estimate of drug-likeness (QED) is 0.702. The number of aryl methyl sites for hydroxylation is 2. The lowest BCUT2D eigenvalue weighted by molar-refractivity contribution is 0.0950. The van der Waals surface area contributed by atoms with Gasteiger partial charge >= 0.3 is 0 Å². The lowest BCUT2D eigenvalue weighted by atomic mass is 10.1. The predicted octanol–water partition coefficient (Wildman–Crippen LogP) is 4.10. The largest absolute Gasteiger partial charge is 0.454 e. The smallest absolute Gasteiger partial charge is 0.253 e. The number of amides is 1. The van der Waals surface area contributed by atoms with Crippen molar-refractivity contribution >= 4 is 17.4 Å². The summed E-state index contributed by atoms with van der Waals surface area (Å²) in [5.41, 5.74) is 4.87. The summed E-state index contributed by atoms with van der Waals surface area (Å²) in [6.45, 7) is 4.79. The summed E-state index contributed by atoms with van der Waals surface area (Å²) in [5, 5.41) is 6.14. The molecule has 4 rings (SSSR count). The summed E-state index contributed by atoms with van der Waals surface area (Å²) in [6, 6.07) is 15.3. The molecule has 1 amide bonds. The SMILES string of the molecule is Cc1ccc(Nc2ccc(C(=O)NCc3ccc4c(c3)OCO4)cn2)cc1C. The summed E-state index contributed by atoms with van der Waals surface area (Å²) >= 11 is 0. The van der Waals surface area contributed by atoms with E-state index in [0.29, 0.717) is 23.7 Å². The standard InChI is InChI=1S/C22H21N3O3/c1-14-3-6-18(9-15(14)2)25-21-8-5-17(12-23-21)22(26)24-11-16-4-7-19-20(10-16)28-13-27-19/h3-10,12H,11,13H2,1-2H3,(H,23,25)(H,24,26). The van der Waals surface area contributed by atoms with Crippen LogP contribution in [0.2, 0.25) is 0 Å². The fourth-order valence-corrected chi connectivity index (χ4v) is 2.90. The van der Waals surface area contributed by atoms with Crippen LogP contribution in [0, 0.1) is 13.8 Å². The zero-order chi connectivity index (χ0) is 19.5. The summed E-state index contributed by atoms with van der Waals surface area (Å²) < 4.78 is 10.6. The maximum absolute atomic E-state index is 12.4. The Morgan fingerprint density at radius 3 is 2.64 bits per heavy atom. The average molecular weight is 375 g/mol. The molecule has 142 valence electrons. The molecule has 0 saturated heterocycles. The van der Waals surface area contributed by atoms with Gasteiger partial charge in [0.2, 0.25) is 6.79 Å². The molecule has 28 heavy (non-hydrogen) atoms. The number of fused-ring (bicyclic) bond motifs is 1. The summed E-state index contributed by atoms with van der Waals surface area (Å²) in [5.74, 6) is 1.94. The minimum Gasteiger partial charge on any atom is -0.454 e. The second-order valence-electron chi connectivity index (χ2n) is 6.73. The molecule has 0 aliphatic carbocycles. The molecular weight excluding hydrogens is 354 g/mol. The van der Waals surface area contributed by atoms with E-state index >= 15 is 0 Å². The van der Waals surface area contributed by atoms with E-state index in [1.165, 1.54) is 11.1 Å². The average Bonchev–Trinajstić information content (AvgIpc) is 3.17. The normalized spacial score (nSPS) is 11.9. The number of aromatic nitrogens is 1. The molecule has 1 aliphatic heterocycles. The van der Waals surface area contributed by atoms with Gasteiger partial charge in [0.25, 0.3) is 5.91 Å². The number of benzene rings is 2. The van der Waals surface area contributed by atoms with Crippen LogP contribution in [0.4, 0.5) is 11.5 Å². The first-order valence-corrected chi connectivity index (χ1v) is 9.05. The van der Waals surface area contributed by atoms with Crippen molar-refractivity contribution in [1.82, 2.24) is 10.3 Å². The number of hydrogen-bond acceptors (Lipinski definition) is 5. The van der Waals surface area contributed by atoms with E-state index in [0.717, 1.165) is 17.0 Å². The van der Waals surface area contributed by atoms with Gasteiger partial charge in [-0.25, -0.2) is 4.98 Å². The molecule has 6 heteroatoms. The van der Waals surface area contributed by atoms with Crippen molar-refractivity contribution in [3.8, 4) is 11.5 Å². The highest BCUT2D eigenvalue weighted by atomic mass is 16.7. The summed E-state index contributed by atoms with van der Waals surface area (Å²) in [6.07, 6.45) is 1.57. The molecular formula is C22H21N3O3. The minimum absolute atomic E-state index is 0.178. The number of nitrogens with zero attached hydrogens (tertiary/aromatic N) is 1. The zero-order valence-corrected chi connectivity index (χ0v) is 15.8. The number of ether oxygens (including phenoxy) is 2. The third-order valence-corrected chi connectivity index (χ3v) is 4.70. The van der Waals surface area contributed by atoms with E-state index < -0.39 is 0 Å². The van der Waals surface area contributed by atoms with Gasteiger partial charge in [0.05, 0.1) is 5.56 Å². The molecule has 2 aromatic carbocycles. The van der Waals surface area contributed by atoms with Gasteiger partial charge in [-0.3, -0.25) is 4.79 Å². The Morgan fingerprint density at radius 2 is 1.86 bits per heavy atom. The van der Waals surface area contributed by atoms with Crippen molar-refractivity contribution in [3.63, 3.8) is 0 Å². The Kier molecular flexibility index (Phi) is 4.85. The van der Waals surface area contributed by atoms with Crippen molar-refractivity contribution in [2.75, 3.05) is 12.1 Å². The molecule has 0 radical (unpaired) electrons. The maximum Gasteiger partial charge on any atom is 0.253 e. The van der Waals surface area contributed by atoms with E-state index in [9.17, 15) is 4.79 Å². The Bertz CT molecular complexity index is 1020. The Balaban J connectivity index is 1.36. The second kappa shape index (κ2) is 7.60. The van der Waals surface area contributed by atoms with Gasteiger partial charge in [-0.05, 0) is 66.9 Å². The Hall–Kier alpha value is -3.54. The number of rotatable bonds is 5. The van der Waals surface area contributed by atoms with E-state index in [1.54, 1.807) is 18.3 Å². The lowest BCUT2D eigenvalue weighted by Crippen LogP contribution is -2.22. The zero-order valence-electron chi connectivity index (χ0n) is 15.8.